The number of amides is 3. The number of carbonyl (C=O) groups is 2. The lowest BCUT2D eigenvalue weighted by molar-refractivity contribution is 0.162. The second-order valence-corrected chi connectivity index (χ2v) is 7.79. The Balaban J connectivity index is 1.46. The fourth-order valence-corrected chi connectivity index (χ4v) is 4.09. The third kappa shape index (κ3) is 4.72. The molecule has 3 amide bonds. The van der Waals surface area contributed by atoms with E-state index in [9.17, 15) is 14.0 Å². The van der Waals surface area contributed by atoms with Crippen molar-refractivity contribution in [3.8, 4) is 0 Å². The van der Waals surface area contributed by atoms with Crippen LogP contribution in [0.15, 0.2) is 48.5 Å². The molecule has 1 saturated carbocycles. The highest BCUT2D eigenvalue weighted by molar-refractivity contribution is 5.92. The molecule has 0 bridgehead atoms. The molecule has 4 rings (SSSR count). The average Bonchev–Trinajstić information content (AvgIpc) is 3.20. The molecule has 1 aliphatic heterocycles. The number of cyclic esters (lactones) is 1. The van der Waals surface area contributed by atoms with Crippen molar-refractivity contribution in [2.24, 2.45) is 0 Å². The number of urea groups is 1. The van der Waals surface area contributed by atoms with E-state index in [0.717, 1.165) is 36.9 Å². The number of carbonyl (C=O) groups excluding carboxylic acids is 2. The van der Waals surface area contributed by atoms with Crippen molar-refractivity contribution < 1.29 is 18.7 Å². The highest BCUT2D eigenvalue weighted by Crippen LogP contribution is 2.26. The Kier molecular flexibility index (Phi) is 6.16. The van der Waals surface area contributed by atoms with E-state index in [-0.39, 0.29) is 24.0 Å². The SMILES string of the molecule is O=C1OCCN1c1ccc(NC(=O)N(Cc2ccc(F)cc2)C2CCCCC2)cc1. The van der Waals surface area contributed by atoms with E-state index >= 15 is 0 Å². The van der Waals surface area contributed by atoms with Gasteiger partial charge in [0.2, 0.25) is 0 Å². The van der Waals surface area contributed by atoms with E-state index in [0.29, 0.717) is 25.4 Å². The average molecular weight is 411 g/mol. The quantitative estimate of drug-likeness (QED) is 0.740. The molecule has 158 valence electrons. The van der Waals surface area contributed by atoms with Crippen LogP contribution in [-0.2, 0) is 11.3 Å². The minimum Gasteiger partial charge on any atom is -0.447 e. The van der Waals surface area contributed by atoms with Crippen molar-refractivity contribution in [2.75, 3.05) is 23.4 Å². The van der Waals surface area contributed by atoms with Gasteiger partial charge in [-0.15, -0.1) is 0 Å². The van der Waals surface area contributed by atoms with Gasteiger partial charge in [0.25, 0.3) is 0 Å². The van der Waals surface area contributed by atoms with Crippen molar-refractivity contribution in [1.29, 1.82) is 0 Å². The van der Waals surface area contributed by atoms with E-state index < -0.39 is 0 Å². The zero-order chi connectivity index (χ0) is 20.9. The first-order valence-corrected chi connectivity index (χ1v) is 10.5. The maximum atomic E-state index is 13.3. The number of rotatable bonds is 5. The Morgan fingerprint density at radius 2 is 1.77 bits per heavy atom. The second-order valence-electron chi connectivity index (χ2n) is 7.79. The van der Waals surface area contributed by atoms with E-state index in [1.807, 2.05) is 4.90 Å². The Hall–Kier alpha value is -3.09. The minimum absolute atomic E-state index is 0.167. The van der Waals surface area contributed by atoms with Gasteiger partial charge in [-0.3, -0.25) is 4.90 Å². The molecular formula is C23H26FN3O3. The molecule has 7 heteroatoms. The van der Waals surface area contributed by atoms with E-state index in [1.165, 1.54) is 18.6 Å². The molecular weight excluding hydrogens is 385 g/mol. The van der Waals surface area contributed by atoms with Gasteiger partial charge in [-0.05, 0) is 54.8 Å². The molecule has 1 saturated heterocycles. The summed E-state index contributed by atoms with van der Waals surface area (Å²) >= 11 is 0. The van der Waals surface area contributed by atoms with Crippen molar-refractivity contribution in [2.45, 2.75) is 44.7 Å². The lowest BCUT2D eigenvalue weighted by Crippen LogP contribution is -2.43. The van der Waals surface area contributed by atoms with Gasteiger partial charge in [-0.2, -0.15) is 0 Å². The van der Waals surface area contributed by atoms with Crippen molar-refractivity contribution in [3.05, 3.63) is 59.9 Å². The molecule has 2 aliphatic rings. The lowest BCUT2D eigenvalue weighted by Gasteiger charge is -2.34. The summed E-state index contributed by atoms with van der Waals surface area (Å²) < 4.78 is 18.2. The van der Waals surface area contributed by atoms with E-state index in [1.54, 1.807) is 41.3 Å². The molecule has 0 atom stereocenters. The zero-order valence-electron chi connectivity index (χ0n) is 16.9. The van der Waals surface area contributed by atoms with Crippen LogP contribution in [0.1, 0.15) is 37.7 Å². The van der Waals surface area contributed by atoms with Crippen LogP contribution < -0.4 is 10.2 Å². The normalized spacial score (nSPS) is 17.0. The number of anilines is 2. The summed E-state index contributed by atoms with van der Waals surface area (Å²) in [4.78, 5) is 28.3. The number of nitrogens with one attached hydrogen (secondary N) is 1. The standard InChI is InChI=1S/C23H26FN3O3/c24-18-8-6-17(7-9-18)16-27(20-4-2-1-3-5-20)22(28)25-19-10-12-21(13-11-19)26-14-15-30-23(26)29/h6-13,20H,1-5,14-16H2,(H,25,28). The monoisotopic (exact) mass is 411 g/mol. The minimum atomic E-state index is -0.352. The van der Waals surface area contributed by atoms with Crippen LogP contribution in [0.4, 0.5) is 25.4 Å². The third-order valence-corrected chi connectivity index (χ3v) is 5.73. The van der Waals surface area contributed by atoms with Crippen LogP contribution in [-0.4, -0.2) is 36.2 Å². The number of hydrogen-bond donors (Lipinski definition) is 1. The van der Waals surface area contributed by atoms with E-state index in [2.05, 4.69) is 5.32 Å². The summed E-state index contributed by atoms with van der Waals surface area (Å²) in [5.41, 5.74) is 2.31. The van der Waals surface area contributed by atoms with Crippen molar-refractivity contribution in [1.82, 2.24) is 4.90 Å². The largest absolute Gasteiger partial charge is 0.447 e. The fraction of sp³-hybridized carbons (Fsp3) is 0.391. The first kappa shape index (κ1) is 20.2. The van der Waals surface area contributed by atoms with Crippen LogP contribution in [0.2, 0.25) is 0 Å². The molecule has 6 nitrogen and oxygen atoms in total. The van der Waals surface area contributed by atoms with Crippen LogP contribution in [0.25, 0.3) is 0 Å². The molecule has 1 heterocycles. The van der Waals surface area contributed by atoms with Gasteiger partial charge in [-0.25, -0.2) is 14.0 Å². The fourth-order valence-electron chi connectivity index (χ4n) is 4.09. The zero-order valence-corrected chi connectivity index (χ0v) is 16.9. The van der Waals surface area contributed by atoms with Gasteiger partial charge in [0.15, 0.2) is 0 Å². The smallest absolute Gasteiger partial charge is 0.414 e. The molecule has 30 heavy (non-hydrogen) atoms. The summed E-state index contributed by atoms with van der Waals surface area (Å²) in [5, 5.41) is 2.98. The number of hydrogen-bond acceptors (Lipinski definition) is 3. The molecule has 1 aliphatic carbocycles. The van der Waals surface area contributed by atoms with E-state index in [4.69, 9.17) is 4.74 Å². The first-order valence-electron chi connectivity index (χ1n) is 10.5. The maximum Gasteiger partial charge on any atom is 0.414 e. The molecule has 0 radical (unpaired) electrons. The number of benzene rings is 2. The van der Waals surface area contributed by atoms with Crippen LogP contribution in [0.5, 0.6) is 0 Å². The molecule has 1 N–H and O–H groups in total. The predicted molar refractivity (Wildman–Crippen MR) is 113 cm³/mol. The van der Waals surface area contributed by atoms with Crippen LogP contribution in [0.3, 0.4) is 0 Å². The van der Waals surface area contributed by atoms with Gasteiger partial charge in [0.05, 0.1) is 6.54 Å². The molecule has 2 aromatic carbocycles. The Morgan fingerprint density at radius 1 is 1.07 bits per heavy atom. The lowest BCUT2D eigenvalue weighted by atomic mass is 9.94. The summed E-state index contributed by atoms with van der Waals surface area (Å²) in [6, 6.07) is 13.5. The topological polar surface area (TPSA) is 61.9 Å². The molecule has 0 unspecified atom stereocenters. The second kappa shape index (κ2) is 9.15. The Bertz CT molecular complexity index is 880. The van der Waals surface area contributed by atoms with Gasteiger partial charge in [0, 0.05) is 24.0 Å². The Morgan fingerprint density at radius 3 is 2.40 bits per heavy atom. The molecule has 2 aromatic rings. The summed E-state index contributed by atoms with van der Waals surface area (Å²) in [6.07, 6.45) is 5.02. The maximum absolute atomic E-state index is 13.3. The highest BCUT2D eigenvalue weighted by atomic mass is 19.1. The van der Waals surface area contributed by atoms with Crippen molar-refractivity contribution in [3.63, 3.8) is 0 Å². The summed E-state index contributed by atoms with van der Waals surface area (Å²) in [5.74, 6) is -0.283. The Labute approximate surface area is 175 Å². The summed E-state index contributed by atoms with van der Waals surface area (Å²) in [6.45, 7) is 1.35. The van der Waals surface area contributed by atoms with Gasteiger partial charge in [-0.1, -0.05) is 31.4 Å². The highest BCUT2D eigenvalue weighted by Gasteiger charge is 2.26. The van der Waals surface area contributed by atoms with Crippen LogP contribution in [0, 0.1) is 5.82 Å². The number of ether oxygens (including phenoxy) is 1. The third-order valence-electron chi connectivity index (χ3n) is 5.73. The van der Waals surface area contributed by atoms with Crippen molar-refractivity contribution >= 4 is 23.5 Å². The van der Waals surface area contributed by atoms with Crippen LogP contribution >= 0.6 is 0 Å². The molecule has 0 spiro atoms. The molecule has 2 fully saturated rings. The number of halogens is 1. The van der Waals surface area contributed by atoms with Gasteiger partial charge in [0.1, 0.15) is 12.4 Å². The number of nitrogens with zero attached hydrogens (tertiary/aromatic N) is 2. The van der Waals surface area contributed by atoms with Gasteiger partial charge < -0.3 is 15.0 Å². The molecule has 0 aromatic heterocycles. The van der Waals surface area contributed by atoms with Gasteiger partial charge >= 0.3 is 12.1 Å². The predicted octanol–water partition coefficient (Wildman–Crippen LogP) is 5.15. The first-order chi connectivity index (χ1) is 14.6. The summed E-state index contributed by atoms with van der Waals surface area (Å²) in [7, 11) is 0.